The first-order valence-electron chi connectivity index (χ1n) is 4.52. The van der Waals surface area contributed by atoms with Gasteiger partial charge in [-0.2, -0.15) is 0 Å². The van der Waals surface area contributed by atoms with Crippen molar-refractivity contribution in [1.82, 2.24) is 19.9 Å². The van der Waals surface area contributed by atoms with Crippen molar-refractivity contribution in [2.45, 2.75) is 10.9 Å². The Hall–Kier alpha value is -1.89. The predicted octanol–water partition coefficient (Wildman–Crippen LogP) is 0.723. The van der Waals surface area contributed by atoms with Gasteiger partial charge in [0.05, 0.1) is 5.69 Å². The number of nitrogens with zero attached hydrogens (tertiary/aromatic N) is 4. The van der Waals surface area contributed by atoms with Crippen molar-refractivity contribution >= 4 is 23.4 Å². The first kappa shape index (κ1) is 10.6. The molecule has 0 aromatic carbocycles. The third kappa shape index (κ3) is 2.80. The topological polar surface area (TPSA) is 104 Å². The Morgan fingerprint density at radius 3 is 2.50 bits per heavy atom. The highest BCUT2D eigenvalue weighted by molar-refractivity contribution is 7.98. The lowest BCUT2D eigenvalue weighted by atomic mass is 10.5. The zero-order valence-electron chi connectivity index (χ0n) is 8.37. The van der Waals surface area contributed by atoms with E-state index in [0.717, 1.165) is 5.69 Å². The Bertz CT molecular complexity index is 454. The largest absolute Gasteiger partial charge is 0.383 e. The van der Waals surface area contributed by atoms with Crippen molar-refractivity contribution in [3.63, 3.8) is 0 Å². The molecule has 2 heterocycles. The van der Waals surface area contributed by atoms with Gasteiger partial charge in [-0.25, -0.2) is 9.97 Å². The van der Waals surface area contributed by atoms with Gasteiger partial charge in [0.15, 0.2) is 5.16 Å². The SMILES string of the molecule is Nc1cc(N)nc(SCc2cnccn2)n1. The van der Waals surface area contributed by atoms with Gasteiger partial charge in [-0.05, 0) is 0 Å². The molecule has 82 valence electrons. The van der Waals surface area contributed by atoms with Crippen molar-refractivity contribution in [3.8, 4) is 0 Å². The molecule has 0 aliphatic rings. The van der Waals surface area contributed by atoms with E-state index in [0.29, 0.717) is 22.5 Å². The summed E-state index contributed by atoms with van der Waals surface area (Å²) in [6, 6.07) is 1.52. The van der Waals surface area contributed by atoms with Gasteiger partial charge in [-0.3, -0.25) is 9.97 Å². The lowest BCUT2D eigenvalue weighted by Crippen LogP contribution is -1.99. The van der Waals surface area contributed by atoms with E-state index < -0.39 is 0 Å². The van der Waals surface area contributed by atoms with E-state index in [9.17, 15) is 0 Å². The molecule has 2 rings (SSSR count). The van der Waals surface area contributed by atoms with Crippen LogP contribution in [0.25, 0.3) is 0 Å². The molecule has 2 aromatic heterocycles. The standard InChI is InChI=1S/C9H10N6S/c10-7-3-8(11)15-9(14-7)16-5-6-4-12-1-2-13-6/h1-4H,5H2,(H4,10,11,14,15). The van der Waals surface area contributed by atoms with E-state index in [4.69, 9.17) is 11.5 Å². The average Bonchev–Trinajstić information content (AvgIpc) is 2.27. The lowest BCUT2D eigenvalue weighted by molar-refractivity contribution is 0.980. The first-order chi connectivity index (χ1) is 7.74. The minimum atomic E-state index is 0.370. The van der Waals surface area contributed by atoms with Crippen LogP contribution >= 0.6 is 11.8 Å². The number of nitrogen functional groups attached to an aromatic ring is 2. The number of hydrogen-bond acceptors (Lipinski definition) is 7. The molecule has 0 amide bonds. The molecule has 0 fully saturated rings. The van der Waals surface area contributed by atoms with Gasteiger partial charge in [0, 0.05) is 30.4 Å². The summed E-state index contributed by atoms with van der Waals surface area (Å²) in [5.41, 5.74) is 12.0. The van der Waals surface area contributed by atoms with Gasteiger partial charge in [0.25, 0.3) is 0 Å². The van der Waals surface area contributed by atoms with Crippen molar-refractivity contribution in [2.75, 3.05) is 11.5 Å². The molecule has 4 N–H and O–H groups in total. The number of rotatable bonds is 3. The summed E-state index contributed by atoms with van der Waals surface area (Å²) in [5, 5.41) is 0.545. The molecule has 0 spiro atoms. The molecule has 0 bridgehead atoms. The third-order valence-corrected chi connectivity index (χ3v) is 2.59. The monoisotopic (exact) mass is 234 g/mol. The maximum absolute atomic E-state index is 5.56. The summed E-state index contributed by atoms with van der Waals surface area (Å²) < 4.78 is 0. The normalized spacial score (nSPS) is 10.2. The molecule has 7 heteroatoms. The van der Waals surface area contributed by atoms with Crippen LogP contribution in [0.4, 0.5) is 11.6 Å². The van der Waals surface area contributed by atoms with E-state index >= 15 is 0 Å². The Labute approximate surface area is 96.5 Å². The fourth-order valence-electron chi connectivity index (χ4n) is 1.07. The maximum Gasteiger partial charge on any atom is 0.191 e. The van der Waals surface area contributed by atoms with Gasteiger partial charge in [0.1, 0.15) is 11.6 Å². The lowest BCUT2D eigenvalue weighted by Gasteiger charge is -2.01. The smallest absolute Gasteiger partial charge is 0.191 e. The quantitative estimate of drug-likeness (QED) is 0.595. The van der Waals surface area contributed by atoms with Crippen LogP contribution in [0.1, 0.15) is 5.69 Å². The first-order valence-corrected chi connectivity index (χ1v) is 5.50. The van der Waals surface area contributed by atoms with Crippen LogP contribution in [0.15, 0.2) is 29.8 Å². The highest BCUT2D eigenvalue weighted by atomic mass is 32.2. The molecule has 0 aliphatic heterocycles. The Kier molecular flexibility index (Phi) is 3.16. The highest BCUT2D eigenvalue weighted by Gasteiger charge is 2.02. The predicted molar refractivity (Wildman–Crippen MR) is 62.4 cm³/mol. The van der Waals surface area contributed by atoms with Gasteiger partial charge in [0.2, 0.25) is 0 Å². The molecule has 0 saturated carbocycles. The van der Waals surface area contributed by atoms with Crippen LogP contribution in [0.2, 0.25) is 0 Å². The van der Waals surface area contributed by atoms with Crippen LogP contribution in [0.3, 0.4) is 0 Å². The van der Waals surface area contributed by atoms with Crippen molar-refractivity contribution in [1.29, 1.82) is 0 Å². The zero-order chi connectivity index (χ0) is 11.4. The minimum Gasteiger partial charge on any atom is -0.383 e. The molecular formula is C9H10N6S. The summed E-state index contributed by atoms with van der Waals surface area (Å²) in [6.07, 6.45) is 4.97. The minimum absolute atomic E-state index is 0.370. The van der Waals surface area contributed by atoms with Crippen LogP contribution in [0.5, 0.6) is 0 Å². The fourth-order valence-corrected chi connectivity index (χ4v) is 1.84. The van der Waals surface area contributed by atoms with Crippen LogP contribution < -0.4 is 11.5 Å². The van der Waals surface area contributed by atoms with Crippen LogP contribution in [-0.2, 0) is 5.75 Å². The second-order valence-electron chi connectivity index (χ2n) is 2.99. The zero-order valence-corrected chi connectivity index (χ0v) is 9.18. The number of nitrogens with two attached hydrogens (primary N) is 2. The van der Waals surface area contributed by atoms with E-state index in [1.807, 2.05) is 0 Å². The van der Waals surface area contributed by atoms with Crippen LogP contribution in [-0.4, -0.2) is 19.9 Å². The molecule has 0 aliphatic carbocycles. The number of aromatic nitrogens is 4. The van der Waals surface area contributed by atoms with Crippen molar-refractivity contribution < 1.29 is 0 Å². The van der Waals surface area contributed by atoms with E-state index in [-0.39, 0.29) is 0 Å². The Morgan fingerprint density at radius 2 is 1.88 bits per heavy atom. The van der Waals surface area contributed by atoms with E-state index in [2.05, 4.69) is 19.9 Å². The van der Waals surface area contributed by atoms with Gasteiger partial charge in [-0.15, -0.1) is 0 Å². The van der Waals surface area contributed by atoms with Gasteiger partial charge < -0.3 is 11.5 Å². The van der Waals surface area contributed by atoms with Crippen LogP contribution in [0, 0.1) is 0 Å². The number of hydrogen-bond donors (Lipinski definition) is 2. The van der Waals surface area contributed by atoms with E-state index in [1.54, 1.807) is 18.6 Å². The molecular weight excluding hydrogens is 224 g/mol. The third-order valence-electron chi connectivity index (χ3n) is 1.71. The van der Waals surface area contributed by atoms with Gasteiger partial charge >= 0.3 is 0 Å². The summed E-state index contributed by atoms with van der Waals surface area (Å²) in [4.78, 5) is 16.2. The summed E-state index contributed by atoms with van der Waals surface area (Å²) in [5.74, 6) is 1.37. The summed E-state index contributed by atoms with van der Waals surface area (Å²) in [6.45, 7) is 0. The number of thioether (sulfide) groups is 1. The molecule has 0 atom stereocenters. The van der Waals surface area contributed by atoms with Gasteiger partial charge in [-0.1, -0.05) is 11.8 Å². The molecule has 16 heavy (non-hydrogen) atoms. The second kappa shape index (κ2) is 4.75. The van der Waals surface area contributed by atoms with E-state index in [1.165, 1.54) is 17.8 Å². The molecule has 0 saturated heterocycles. The molecule has 0 unspecified atom stereocenters. The average molecular weight is 234 g/mol. The Morgan fingerprint density at radius 1 is 1.12 bits per heavy atom. The van der Waals surface area contributed by atoms with Crippen molar-refractivity contribution in [3.05, 3.63) is 30.4 Å². The molecule has 2 aromatic rings. The van der Waals surface area contributed by atoms with Crippen molar-refractivity contribution in [2.24, 2.45) is 0 Å². The Balaban J connectivity index is 2.05. The maximum atomic E-state index is 5.56. The number of anilines is 2. The fraction of sp³-hybridized carbons (Fsp3) is 0.111. The molecule has 0 radical (unpaired) electrons. The molecule has 6 nitrogen and oxygen atoms in total. The summed E-state index contributed by atoms with van der Waals surface area (Å²) >= 11 is 1.42. The summed E-state index contributed by atoms with van der Waals surface area (Å²) in [7, 11) is 0. The highest BCUT2D eigenvalue weighted by Crippen LogP contribution is 2.19. The second-order valence-corrected chi connectivity index (χ2v) is 3.93.